The maximum absolute atomic E-state index is 13.5. The van der Waals surface area contributed by atoms with Gasteiger partial charge in [-0.3, -0.25) is 0 Å². The highest BCUT2D eigenvalue weighted by atomic mass is 79.9. The van der Waals surface area contributed by atoms with Gasteiger partial charge in [0.25, 0.3) is 0 Å². The van der Waals surface area contributed by atoms with E-state index in [9.17, 15) is 9.50 Å². The van der Waals surface area contributed by atoms with Crippen LogP contribution >= 0.6 is 39.5 Å². The first-order valence-corrected chi connectivity index (χ1v) is 10.9. The Balaban J connectivity index is 1.56. The van der Waals surface area contributed by atoms with Crippen LogP contribution in [0.1, 0.15) is 12.8 Å². The topological polar surface area (TPSA) is 52.1 Å². The fourth-order valence-corrected chi connectivity index (χ4v) is 4.68. The minimum atomic E-state index is -0.298. The number of rotatable bonds is 4. The molecule has 2 aromatic carbocycles. The molecule has 1 aliphatic heterocycles. The first kappa shape index (κ1) is 19.9. The summed E-state index contributed by atoms with van der Waals surface area (Å²) in [5, 5.41) is 10.4. The molecule has 0 saturated carbocycles. The molecule has 0 aliphatic carbocycles. The highest BCUT2D eigenvalue weighted by molar-refractivity contribution is 9.10. The number of H-pyrrole nitrogens is 1. The highest BCUT2D eigenvalue weighted by Crippen LogP contribution is 2.35. The van der Waals surface area contributed by atoms with E-state index in [0.29, 0.717) is 9.50 Å². The molecule has 2 N–H and O–H groups in total. The summed E-state index contributed by atoms with van der Waals surface area (Å²) in [5.41, 5.74) is 2.59. The number of piperidine rings is 1. The Kier molecular flexibility index (Phi) is 6.08. The van der Waals surface area contributed by atoms with E-state index >= 15 is 0 Å². The maximum Gasteiger partial charge on any atom is 0.137 e. The first-order valence-electron chi connectivity index (χ1n) is 8.91. The molecule has 0 radical (unpaired) electrons. The molecule has 0 unspecified atom stereocenters. The average Bonchev–Trinajstić information content (AvgIpc) is 3.18. The number of nitrogens with zero attached hydrogens (tertiary/aromatic N) is 2. The van der Waals surface area contributed by atoms with E-state index in [4.69, 9.17) is 11.6 Å². The van der Waals surface area contributed by atoms with Crippen LogP contribution in [0.2, 0.25) is 5.02 Å². The summed E-state index contributed by atoms with van der Waals surface area (Å²) < 4.78 is 16.1. The van der Waals surface area contributed by atoms with Gasteiger partial charge in [-0.1, -0.05) is 11.6 Å². The van der Waals surface area contributed by atoms with Gasteiger partial charge >= 0.3 is 0 Å². The lowest BCUT2D eigenvalue weighted by Gasteiger charge is -2.28. The number of aliphatic hydroxyl groups is 1. The highest BCUT2D eigenvalue weighted by Gasteiger charge is 2.19. The van der Waals surface area contributed by atoms with Crippen LogP contribution in [0.15, 0.2) is 52.0 Å². The van der Waals surface area contributed by atoms with Crippen LogP contribution in [0.25, 0.3) is 22.6 Å². The van der Waals surface area contributed by atoms with Crippen LogP contribution in [0, 0.1) is 5.82 Å². The predicted molar refractivity (Wildman–Crippen MR) is 115 cm³/mol. The number of imidazole rings is 1. The number of halogens is 3. The lowest BCUT2D eigenvalue weighted by atomic mass is 10.1. The molecule has 2 heterocycles. The largest absolute Gasteiger partial charge is 0.393 e. The summed E-state index contributed by atoms with van der Waals surface area (Å²) in [6.07, 6.45) is 3.09. The van der Waals surface area contributed by atoms with Gasteiger partial charge in [-0.05, 0) is 77.1 Å². The molecule has 1 saturated heterocycles. The van der Waals surface area contributed by atoms with Gasteiger partial charge < -0.3 is 10.1 Å². The molecule has 8 heteroatoms. The van der Waals surface area contributed by atoms with Crippen molar-refractivity contribution in [2.75, 3.05) is 13.1 Å². The van der Waals surface area contributed by atoms with E-state index in [1.165, 1.54) is 6.07 Å². The zero-order valence-electron chi connectivity index (χ0n) is 14.8. The molecular weight excluding hydrogens is 465 g/mol. The fraction of sp³-hybridized carbons (Fsp3) is 0.250. The van der Waals surface area contributed by atoms with Crippen molar-refractivity contribution in [1.29, 1.82) is 0 Å². The monoisotopic (exact) mass is 481 g/mol. The zero-order valence-corrected chi connectivity index (χ0v) is 18.0. The van der Waals surface area contributed by atoms with Crippen molar-refractivity contribution in [1.82, 2.24) is 14.3 Å². The molecule has 4 rings (SSSR count). The Labute approximate surface area is 180 Å². The van der Waals surface area contributed by atoms with Gasteiger partial charge in [-0.2, -0.15) is 0 Å². The quantitative estimate of drug-likeness (QED) is 0.464. The molecule has 0 bridgehead atoms. The van der Waals surface area contributed by atoms with Gasteiger partial charge in [0.05, 0.1) is 27.5 Å². The Bertz CT molecular complexity index is 991. The molecule has 146 valence electrons. The normalized spacial score (nSPS) is 15.9. The molecule has 3 aromatic rings. The Hall–Kier alpha value is -1.38. The summed E-state index contributed by atoms with van der Waals surface area (Å²) in [4.78, 5) is 8.73. The Morgan fingerprint density at radius 1 is 1.18 bits per heavy atom. The molecule has 28 heavy (non-hydrogen) atoms. The summed E-state index contributed by atoms with van der Waals surface area (Å²) >= 11 is 11.2. The van der Waals surface area contributed by atoms with E-state index in [2.05, 4.69) is 30.2 Å². The van der Waals surface area contributed by atoms with Crippen molar-refractivity contribution in [3.8, 4) is 22.6 Å². The van der Waals surface area contributed by atoms with E-state index in [-0.39, 0.29) is 11.9 Å². The average molecular weight is 483 g/mol. The van der Waals surface area contributed by atoms with E-state index in [0.717, 1.165) is 53.5 Å². The van der Waals surface area contributed by atoms with Crippen molar-refractivity contribution in [2.24, 2.45) is 0 Å². The molecule has 1 fully saturated rings. The third-order valence-corrected chi connectivity index (χ3v) is 6.87. The lowest BCUT2D eigenvalue weighted by molar-refractivity contribution is 0.116. The van der Waals surface area contributed by atoms with Gasteiger partial charge in [0, 0.05) is 29.1 Å². The van der Waals surface area contributed by atoms with Crippen LogP contribution in [-0.2, 0) is 0 Å². The van der Waals surface area contributed by atoms with E-state index < -0.39 is 0 Å². The Morgan fingerprint density at radius 3 is 2.68 bits per heavy atom. The van der Waals surface area contributed by atoms with Crippen LogP contribution in [0.4, 0.5) is 4.39 Å². The number of aliphatic hydroxyl groups excluding tert-OH is 1. The predicted octanol–water partition coefficient (Wildman–Crippen LogP) is 5.76. The fourth-order valence-electron chi connectivity index (χ4n) is 3.07. The van der Waals surface area contributed by atoms with Crippen molar-refractivity contribution >= 4 is 39.5 Å². The molecule has 0 spiro atoms. The first-order chi connectivity index (χ1) is 13.5. The van der Waals surface area contributed by atoms with Crippen molar-refractivity contribution in [3.63, 3.8) is 0 Å². The second kappa shape index (κ2) is 8.55. The number of hydrogen-bond acceptors (Lipinski definition) is 4. The smallest absolute Gasteiger partial charge is 0.137 e. The van der Waals surface area contributed by atoms with Gasteiger partial charge in [-0.25, -0.2) is 13.7 Å². The van der Waals surface area contributed by atoms with Crippen LogP contribution in [0.3, 0.4) is 0 Å². The van der Waals surface area contributed by atoms with Crippen molar-refractivity contribution < 1.29 is 9.50 Å². The van der Waals surface area contributed by atoms with Crippen LogP contribution in [-0.4, -0.2) is 38.6 Å². The second-order valence-corrected chi connectivity index (χ2v) is 9.07. The summed E-state index contributed by atoms with van der Waals surface area (Å²) in [6, 6.07) is 10.7. The number of aromatic nitrogens is 2. The second-order valence-electron chi connectivity index (χ2n) is 6.67. The van der Waals surface area contributed by atoms with Crippen LogP contribution in [0.5, 0.6) is 0 Å². The molecule has 0 atom stereocenters. The van der Waals surface area contributed by atoms with Crippen molar-refractivity contribution in [2.45, 2.75) is 23.8 Å². The van der Waals surface area contributed by atoms with E-state index in [1.807, 2.05) is 18.2 Å². The summed E-state index contributed by atoms with van der Waals surface area (Å²) in [7, 11) is 0. The Morgan fingerprint density at radius 2 is 1.93 bits per heavy atom. The molecule has 0 amide bonds. The van der Waals surface area contributed by atoms with Crippen LogP contribution < -0.4 is 0 Å². The molecule has 1 aromatic heterocycles. The number of benzene rings is 2. The molecular formula is C20H18BrClFN3OS. The molecule has 1 aliphatic rings. The van der Waals surface area contributed by atoms with Gasteiger partial charge in [0.1, 0.15) is 11.6 Å². The number of hydrogen-bond donors (Lipinski definition) is 2. The van der Waals surface area contributed by atoms with Crippen molar-refractivity contribution in [3.05, 3.63) is 57.9 Å². The standard InChI is InChI=1S/C20H18BrClFN3OS/c21-15-9-12(2-4-17(15)23)18-11-24-20(25-18)13-1-3-16(22)19(10-13)28-26-7-5-14(27)6-8-26/h1-4,9-11,14,27H,5-8H2,(H,24,25). The number of aromatic amines is 1. The minimum Gasteiger partial charge on any atom is -0.393 e. The third-order valence-electron chi connectivity index (χ3n) is 4.66. The summed E-state index contributed by atoms with van der Waals surface area (Å²) in [5.74, 6) is 0.427. The minimum absolute atomic E-state index is 0.202. The lowest BCUT2D eigenvalue weighted by Crippen LogP contribution is -2.31. The van der Waals surface area contributed by atoms with Gasteiger partial charge in [-0.15, -0.1) is 0 Å². The van der Waals surface area contributed by atoms with E-state index in [1.54, 1.807) is 30.3 Å². The summed E-state index contributed by atoms with van der Waals surface area (Å²) in [6.45, 7) is 1.66. The van der Waals surface area contributed by atoms with Gasteiger partial charge in [0.15, 0.2) is 0 Å². The maximum atomic E-state index is 13.5. The van der Waals surface area contributed by atoms with Gasteiger partial charge in [0.2, 0.25) is 0 Å². The SMILES string of the molecule is OC1CCN(Sc2cc(-c3ncc(-c4ccc(F)c(Br)c4)[nH]3)ccc2Cl)CC1. The zero-order chi connectivity index (χ0) is 19.7. The third kappa shape index (κ3) is 4.44. The number of nitrogens with one attached hydrogen (secondary N) is 1. The molecule has 4 nitrogen and oxygen atoms in total.